The van der Waals surface area contributed by atoms with Gasteiger partial charge in [0.05, 0.1) is 0 Å². The average Bonchev–Trinajstić information content (AvgIpc) is 3.09. The monoisotopic (exact) mass is 633 g/mol. The average molecular weight is 634 g/mol. The number of hydrogen-bond donors (Lipinski definition) is 0. The standard InChI is InChI=1S/C37H48IN/c1-4-27(13-14-28-11-7-8-12-35(28)38)25-29-16-18-33-32-17-15-30-26-31(39-23-9-5-6-10-24-39)19-21-36(30,2)34(32)20-22-37(29,33)3/h4,7-12,15-16,23-24,27,31-34H,1,5-6,13-14,17-22,25-26H2,2-3H3/t27?,31-,32?,33?,34?,36-,37+/m0/s1. The lowest BCUT2D eigenvalue weighted by molar-refractivity contribution is -0.0226. The molecule has 4 unspecified atom stereocenters. The second-order valence-corrected chi connectivity index (χ2v) is 14.9. The zero-order valence-corrected chi connectivity index (χ0v) is 26.4. The SMILES string of the molecule is C=CC(CCc1ccccc1I)CC1=CCC2C3CC=C4C[C@@H](N5C=CCCC=C5)CC[C@]4(C)C3CC[C@]12C. The molecular weight excluding hydrogens is 585 g/mol. The maximum Gasteiger partial charge on any atom is 0.0368 e. The number of benzene rings is 1. The van der Waals surface area contributed by atoms with Crippen LogP contribution in [0.2, 0.25) is 0 Å². The first kappa shape index (κ1) is 27.6. The van der Waals surface area contributed by atoms with Crippen LogP contribution in [0.1, 0.15) is 90.0 Å². The molecule has 1 aromatic carbocycles. The van der Waals surface area contributed by atoms with E-state index in [0.717, 1.165) is 24.2 Å². The smallest absolute Gasteiger partial charge is 0.0368 e. The van der Waals surface area contributed by atoms with Gasteiger partial charge in [0.25, 0.3) is 0 Å². The molecule has 1 aromatic rings. The fourth-order valence-corrected chi connectivity index (χ4v) is 10.0. The van der Waals surface area contributed by atoms with Gasteiger partial charge >= 0.3 is 0 Å². The fourth-order valence-electron chi connectivity index (χ4n) is 9.37. The summed E-state index contributed by atoms with van der Waals surface area (Å²) in [6.45, 7) is 9.58. The minimum absolute atomic E-state index is 0.393. The van der Waals surface area contributed by atoms with E-state index < -0.39 is 0 Å². The highest BCUT2D eigenvalue weighted by atomic mass is 127. The summed E-state index contributed by atoms with van der Waals surface area (Å²) < 4.78 is 1.40. The number of fused-ring (bicyclic) bond motifs is 5. The molecule has 39 heavy (non-hydrogen) atoms. The van der Waals surface area contributed by atoms with Gasteiger partial charge in [0.2, 0.25) is 0 Å². The van der Waals surface area contributed by atoms with E-state index in [9.17, 15) is 0 Å². The zero-order chi connectivity index (χ0) is 27.0. The van der Waals surface area contributed by atoms with Crippen molar-refractivity contribution in [1.82, 2.24) is 4.90 Å². The molecule has 1 heterocycles. The highest BCUT2D eigenvalue weighted by Gasteiger charge is 2.56. The fraction of sp³-hybridized carbons (Fsp3) is 0.568. The van der Waals surface area contributed by atoms with Crippen LogP contribution in [0.4, 0.5) is 0 Å². The first-order valence-electron chi connectivity index (χ1n) is 15.8. The Labute approximate surface area is 251 Å². The summed E-state index contributed by atoms with van der Waals surface area (Å²) in [6, 6.07) is 9.52. The van der Waals surface area contributed by atoms with Gasteiger partial charge in [0.1, 0.15) is 0 Å². The van der Waals surface area contributed by atoms with Crippen LogP contribution in [0.25, 0.3) is 0 Å². The van der Waals surface area contributed by atoms with Gasteiger partial charge in [-0.3, -0.25) is 0 Å². The first-order chi connectivity index (χ1) is 18.9. The normalized spacial score (nSPS) is 36.2. The van der Waals surface area contributed by atoms with Crippen molar-refractivity contribution >= 4 is 22.6 Å². The molecule has 0 bridgehead atoms. The summed E-state index contributed by atoms with van der Waals surface area (Å²) in [5, 5.41) is 0. The van der Waals surface area contributed by atoms with E-state index in [1.165, 1.54) is 79.8 Å². The second kappa shape index (κ2) is 11.4. The van der Waals surface area contributed by atoms with Crippen molar-refractivity contribution in [3.8, 4) is 0 Å². The van der Waals surface area contributed by atoms with Crippen LogP contribution >= 0.6 is 22.6 Å². The maximum absolute atomic E-state index is 4.28. The van der Waals surface area contributed by atoms with Crippen LogP contribution in [0, 0.1) is 38.1 Å². The predicted molar refractivity (Wildman–Crippen MR) is 174 cm³/mol. The van der Waals surface area contributed by atoms with Crippen LogP contribution < -0.4 is 0 Å². The minimum Gasteiger partial charge on any atom is -0.352 e. The third-order valence-corrected chi connectivity index (χ3v) is 12.9. The van der Waals surface area contributed by atoms with Crippen molar-refractivity contribution in [3.05, 3.63) is 93.9 Å². The molecule has 0 saturated heterocycles. The predicted octanol–water partition coefficient (Wildman–Crippen LogP) is 10.4. The van der Waals surface area contributed by atoms with Gasteiger partial charge in [0.15, 0.2) is 0 Å². The number of nitrogens with zero attached hydrogens (tertiary/aromatic N) is 1. The molecule has 0 spiro atoms. The zero-order valence-electron chi connectivity index (χ0n) is 24.3. The molecule has 6 rings (SSSR count). The molecule has 4 aliphatic carbocycles. The Morgan fingerprint density at radius 2 is 1.77 bits per heavy atom. The van der Waals surface area contributed by atoms with Crippen LogP contribution in [-0.2, 0) is 6.42 Å². The largest absolute Gasteiger partial charge is 0.352 e. The summed E-state index contributed by atoms with van der Waals surface area (Å²) in [7, 11) is 0. The lowest BCUT2D eigenvalue weighted by atomic mass is 9.47. The summed E-state index contributed by atoms with van der Waals surface area (Å²) in [5.41, 5.74) is 5.86. The molecule has 5 aliphatic rings. The van der Waals surface area contributed by atoms with Gasteiger partial charge in [-0.05, 0) is 158 Å². The lowest BCUT2D eigenvalue weighted by Crippen LogP contribution is -2.50. The molecule has 0 aromatic heterocycles. The van der Waals surface area contributed by atoms with Gasteiger partial charge in [-0.15, -0.1) is 6.58 Å². The summed E-state index contributed by atoms with van der Waals surface area (Å²) in [4.78, 5) is 2.53. The summed E-state index contributed by atoms with van der Waals surface area (Å²) in [5.74, 6) is 3.13. The van der Waals surface area contributed by atoms with Crippen molar-refractivity contribution < 1.29 is 0 Å². The topological polar surface area (TPSA) is 3.24 Å². The Kier molecular flexibility index (Phi) is 8.06. The van der Waals surface area contributed by atoms with Gasteiger partial charge in [0, 0.05) is 9.61 Å². The Bertz CT molecular complexity index is 1170. The van der Waals surface area contributed by atoms with Gasteiger partial charge in [-0.2, -0.15) is 0 Å². The number of aryl methyl sites for hydroxylation is 1. The Balaban J connectivity index is 1.13. The van der Waals surface area contributed by atoms with Crippen LogP contribution in [0.5, 0.6) is 0 Å². The van der Waals surface area contributed by atoms with Gasteiger partial charge in [-0.25, -0.2) is 0 Å². The van der Waals surface area contributed by atoms with Crippen molar-refractivity contribution in [2.75, 3.05) is 0 Å². The van der Waals surface area contributed by atoms with Crippen LogP contribution in [0.3, 0.4) is 0 Å². The maximum atomic E-state index is 4.28. The van der Waals surface area contributed by atoms with E-state index in [1.807, 2.05) is 0 Å². The third kappa shape index (κ3) is 5.17. The van der Waals surface area contributed by atoms with Crippen LogP contribution in [-0.4, -0.2) is 10.9 Å². The number of hydrogen-bond acceptors (Lipinski definition) is 1. The molecular formula is C37H48IN. The first-order valence-corrected chi connectivity index (χ1v) is 16.9. The minimum atomic E-state index is 0.393. The van der Waals surface area contributed by atoms with E-state index in [4.69, 9.17) is 0 Å². The molecule has 1 nitrogen and oxygen atoms in total. The number of halogens is 1. The quantitative estimate of drug-likeness (QED) is 0.213. The van der Waals surface area contributed by atoms with Crippen molar-refractivity contribution in [1.29, 1.82) is 0 Å². The highest BCUT2D eigenvalue weighted by Crippen LogP contribution is 2.65. The molecule has 0 amide bonds. The highest BCUT2D eigenvalue weighted by molar-refractivity contribution is 14.1. The molecule has 2 saturated carbocycles. The molecule has 7 atom stereocenters. The Morgan fingerprint density at radius 1 is 1.00 bits per heavy atom. The van der Waals surface area contributed by atoms with E-state index >= 15 is 0 Å². The van der Waals surface area contributed by atoms with E-state index in [2.05, 4.69) is 115 Å². The van der Waals surface area contributed by atoms with E-state index in [-0.39, 0.29) is 0 Å². The molecule has 208 valence electrons. The number of allylic oxidation sites excluding steroid dienone is 6. The molecule has 2 heteroatoms. The van der Waals surface area contributed by atoms with Crippen LogP contribution in [0.15, 0.2) is 84.8 Å². The third-order valence-electron chi connectivity index (χ3n) is 11.9. The molecule has 0 N–H and O–H groups in total. The molecule has 0 radical (unpaired) electrons. The van der Waals surface area contributed by atoms with E-state index in [0.29, 0.717) is 22.8 Å². The number of rotatable bonds is 7. The van der Waals surface area contributed by atoms with Crippen molar-refractivity contribution in [3.63, 3.8) is 0 Å². The van der Waals surface area contributed by atoms with E-state index in [1.54, 1.807) is 11.1 Å². The summed E-state index contributed by atoms with van der Waals surface area (Å²) >= 11 is 2.49. The molecule has 2 fully saturated rings. The Morgan fingerprint density at radius 3 is 2.54 bits per heavy atom. The summed E-state index contributed by atoms with van der Waals surface area (Å²) in [6.07, 6.45) is 32.4. The second-order valence-electron chi connectivity index (χ2n) is 13.7. The molecule has 1 aliphatic heterocycles. The lowest BCUT2D eigenvalue weighted by Gasteiger charge is -2.58. The van der Waals surface area contributed by atoms with Gasteiger partial charge in [-0.1, -0.05) is 73.6 Å². The van der Waals surface area contributed by atoms with Crippen molar-refractivity contribution in [2.45, 2.75) is 96.9 Å². The van der Waals surface area contributed by atoms with Gasteiger partial charge < -0.3 is 4.90 Å². The Hall–Kier alpha value is -1.55. The van der Waals surface area contributed by atoms with Crippen molar-refractivity contribution in [2.24, 2.45) is 34.5 Å².